The van der Waals surface area contributed by atoms with Crippen LogP contribution in [0.1, 0.15) is 23.5 Å². The molecule has 11 heteroatoms. The summed E-state index contributed by atoms with van der Waals surface area (Å²) in [6, 6.07) is 15.5. The fourth-order valence-corrected chi connectivity index (χ4v) is 7.84. The van der Waals surface area contributed by atoms with Crippen molar-refractivity contribution in [1.82, 2.24) is 8.87 Å². The molecule has 8 nitrogen and oxygen atoms in total. The van der Waals surface area contributed by atoms with Crippen molar-refractivity contribution in [2.45, 2.75) is 33.9 Å². The number of benzene rings is 3. The van der Waals surface area contributed by atoms with E-state index in [1.165, 1.54) is 35.2 Å². The molecule has 4 aromatic rings. The summed E-state index contributed by atoms with van der Waals surface area (Å²) in [5.41, 5.74) is 1.56. The van der Waals surface area contributed by atoms with Crippen molar-refractivity contribution < 1.29 is 31.1 Å². The molecule has 5 rings (SSSR count). The molecule has 1 unspecified atom stereocenters. The first-order chi connectivity index (χ1) is 17.5. The van der Waals surface area contributed by atoms with Crippen LogP contribution >= 0.6 is 0 Å². The summed E-state index contributed by atoms with van der Waals surface area (Å²) < 4.78 is 69.3. The molecule has 192 valence electrons. The standard InChI is InChI=1S/C26H23FN2O6S2/c1-17-13-21(8-9-22(17)18-11-12-28(15-18)26(30)31)36(32,33)25-16-29(24-10-7-19(27)14-23(24)25)37(34,35)20-5-3-2-4-6-20/h2-10,13-14,16,18H,11-12,15H2,1H3,(H,30,31). The number of halogens is 1. The largest absolute Gasteiger partial charge is 0.465 e. The van der Waals surface area contributed by atoms with Crippen LogP contribution in [0.2, 0.25) is 0 Å². The summed E-state index contributed by atoms with van der Waals surface area (Å²) in [6.07, 6.45) is 0.657. The van der Waals surface area contributed by atoms with Gasteiger partial charge in [0.1, 0.15) is 5.82 Å². The van der Waals surface area contributed by atoms with E-state index in [1.807, 2.05) is 0 Å². The van der Waals surface area contributed by atoms with Gasteiger partial charge >= 0.3 is 6.09 Å². The molecule has 1 aliphatic heterocycles. The molecule has 1 aliphatic rings. The molecule has 1 amide bonds. The zero-order valence-electron chi connectivity index (χ0n) is 19.7. The molecule has 0 aliphatic carbocycles. The molecule has 1 saturated heterocycles. The normalized spacial score (nSPS) is 16.4. The Labute approximate surface area is 213 Å². The first kappa shape index (κ1) is 25.0. The third-order valence-electron chi connectivity index (χ3n) is 6.74. The van der Waals surface area contributed by atoms with Gasteiger partial charge in [-0.05, 0) is 66.9 Å². The Bertz CT molecular complexity index is 1750. The van der Waals surface area contributed by atoms with E-state index >= 15 is 0 Å². The van der Waals surface area contributed by atoms with E-state index in [4.69, 9.17) is 0 Å². The number of hydrogen-bond acceptors (Lipinski definition) is 5. The minimum absolute atomic E-state index is 0.0349. The molecule has 2 heterocycles. The van der Waals surface area contributed by atoms with Crippen LogP contribution in [0.5, 0.6) is 0 Å². The second kappa shape index (κ2) is 9.00. The summed E-state index contributed by atoms with van der Waals surface area (Å²) in [7, 11) is -8.41. The first-order valence-electron chi connectivity index (χ1n) is 11.4. The minimum atomic E-state index is -4.25. The summed E-state index contributed by atoms with van der Waals surface area (Å²) >= 11 is 0. The minimum Gasteiger partial charge on any atom is -0.465 e. The summed E-state index contributed by atoms with van der Waals surface area (Å²) in [6.45, 7) is 2.48. The van der Waals surface area contributed by atoms with E-state index in [0.29, 0.717) is 25.1 Å². The smallest absolute Gasteiger partial charge is 0.407 e. The number of fused-ring (bicyclic) bond motifs is 1. The topological polar surface area (TPSA) is 114 Å². The number of hydrogen-bond donors (Lipinski definition) is 1. The number of aryl methyl sites for hydroxylation is 1. The molecule has 1 atom stereocenters. The van der Waals surface area contributed by atoms with E-state index in [-0.39, 0.29) is 31.5 Å². The van der Waals surface area contributed by atoms with Crippen LogP contribution in [0.25, 0.3) is 10.9 Å². The second-order valence-electron chi connectivity index (χ2n) is 9.00. The highest BCUT2D eigenvalue weighted by Gasteiger charge is 2.31. The molecule has 37 heavy (non-hydrogen) atoms. The lowest BCUT2D eigenvalue weighted by Gasteiger charge is -2.15. The van der Waals surface area contributed by atoms with Gasteiger partial charge in [-0.2, -0.15) is 0 Å². The van der Waals surface area contributed by atoms with Gasteiger partial charge in [0.05, 0.1) is 20.2 Å². The van der Waals surface area contributed by atoms with Crippen LogP contribution in [0.4, 0.5) is 9.18 Å². The number of carboxylic acid groups (broad SMARTS) is 1. The van der Waals surface area contributed by atoms with Crippen molar-refractivity contribution in [3.8, 4) is 0 Å². The number of sulfone groups is 1. The number of carbonyl (C=O) groups is 1. The quantitative estimate of drug-likeness (QED) is 0.394. The highest BCUT2D eigenvalue weighted by atomic mass is 32.2. The van der Waals surface area contributed by atoms with E-state index in [1.54, 1.807) is 31.2 Å². The third kappa shape index (κ3) is 4.27. The van der Waals surface area contributed by atoms with E-state index < -0.39 is 31.8 Å². The van der Waals surface area contributed by atoms with Crippen molar-refractivity contribution in [3.05, 3.63) is 89.9 Å². The van der Waals surface area contributed by atoms with Gasteiger partial charge in [0, 0.05) is 30.6 Å². The molecule has 1 N–H and O–H groups in total. The van der Waals surface area contributed by atoms with Crippen LogP contribution in [0.15, 0.2) is 87.6 Å². The van der Waals surface area contributed by atoms with Gasteiger partial charge < -0.3 is 10.0 Å². The summed E-state index contributed by atoms with van der Waals surface area (Å²) in [5, 5.41) is 9.19. The van der Waals surface area contributed by atoms with Gasteiger partial charge in [-0.15, -0.1) is 0 Å². The van der Waals surface area contributed by atoms with Crippen LogP contribution in [-0.2, 0) is 19.9 Å². The Morgan fingerprint density at radius 2 is 1.70 bits per heavy atom. The van der Waals surface area contributed by atoms with Crippen LogP contribution < -0.4 is 0 Å². The lowest BCUT2D eigenvalue weighted by Crippen LogP contribution is -2.26. The fourth-order valence-electron chi connectivity index (χ4n) is 4.85. The summed E-state index contributed by atoms with van der Waals surface area (Å²) in [4.78, 5) is 12.2. The fraction of sp³-hybridized carbons (Fsp3) is 0.192. The van der Waals surface area contributed by atoms with Crippen molar-refractivity contribution in [3.63, 3.8) is 0 Å². The summed E-state index contributed by atoms with van der Waals surface area (Å²) in [5.74, 6) is -0.755. The Kier molecular flexibility index (Phi) is 6.07. The lowest BCUT2D eigenvalue weighted by molar-refractivity contribution is 0.155. The maximum Gasteiger partial charge on any atom is 0.407 e. The van der Waals surface area contributed by atoms with Gasteiger partial charge in [-0.1, -0.05) is 24.3 Å². The van der Waals surface area contributed by atoms with E-state index in [9.17, 15) is 31.1 Å². The molecular weight excluding hydrogens is 519 g/mol. The maximum atomic E-state index is 14.2. The number of aromatic nitrogens is 1. The average molecular weight is 543 g/mol. The van der Waals surface area contributed by atoms with Gasteiger partial charge in [0.2, 0.25) is 9.84 Å². The SMILES string of the molecule is Cc1cc(S(=O)(=O)c2cn(S(=O)(=O)c3ccccc3)c3ccc(F)cc23)ccc1C1CCN(C(=O)O)C1. The Morgan fingerprint density at radius 1 is 0.973 bits per heavy atom. The highest BCUT2D eigenvalue weighted by molar-refractivity contribution is 7.92. The zero-order chi connectivity index (χ0) is 26.5. The number of likely N-dealkylation sites (tertiary alicyclic amines) is 1. The van der Waals surface area contributed by atoms with Crippen molar-refractivity contribution in [1.29, 1.82) is 0 Å². The molecule has 0 saturated carbocycles. The van der Waals surface area contributed by atoms with Gasteiger partial charge in [0.25, 0.3) is 10.0 Å². The number of rotatable bonds is 5. The van der Waals surface area contributed by atoms with Crippen LogP contribution in [-0.4, -0.2) is 50.0 Å². The van der Waals surface area contributed by atoms with E-state index in [2.05, 4.69) is 0 Å². The lowest BCUT2D eigenvalue weighted by atomic mass is 9.94. The van der Waals surface area contributed by atoms with Crippen molar-refractivity contribution >= 4 is 36.9 Å². The molecule has 1 aromatic heterocycles. The molecular formula is C26H23FN2O6S2. The monoisotopic (exact) mass is 542 g/mol. The molecule has 1 fully saturated rings. The Hall–Kier alpha value is -3.70. The molecule has 3 aromatic carbocycles. The maximum absolute atomic E-state index is 14.2. The van der Waals surface area contributed by atoms with Gasteiger partial charge in [-0.3, -0.25) is 0 Å². The Balaban J connectivity index is 1.61. The number of amides is 1. The van der Waals surface area contributed by atoms with Crippen LogP contribution in [0, 0.1) is 12.7 Å². The van der Waals surface area contributed by atoms with Crippen molar-refractivity contribution in [2.75, 3.05) is 13.1 Å². The molecule has 0 radical (unpaired) electrons. The predicted octanol–water partition coefficient (Wildman–Crippen LogP) is 4.63. The number of nitrogens with zero attached hydrogens (tertiary/aromatic N) is 2. The third-order valence-corrected chi connectivity index (χ3v) is 10.2. The molecule has 0 bridgehead atoms. The predicted molar refractivity (Wildman–Crippen MR) is 135 cm³/mol. The van der Waals surface area contributed by atoms with Crippen LogP contribution in [0.3, 0.4) is 0 Å². The van der Waals surface area contributed by atoms with Gasteiger partial charge in [0.15, 0.2) is 0 Å². The zero-order valence-corrected chi connectivity index (χ0v) is 21.3. The van der Waals surface area contributed by atoms with E-state index in [0.717, 1.165) is 27.9 Å². The highest BCUT2D eigenvalue weighted by Crippen LogP contribution is 2.35. The average Bonchev–Trinajstić information content (AvgIpc) is 3.50. The van der Waals surface area contributed by atoms with Crippen molar-refractivity contribution in [2.24, 2.45) is 0 Å². The second-order valence-corrected chi connectivity index (χ2v) is 12.7. The molecule has 0 spiro atoms. The van der Waals surface area contributed by atoms with Gasteiger partial charge in [-0.25, -0.2) is 30.0 Å². The Morgan fingerprint density at radius 3 is 2.35 bits per heavy atom. The first-order valence-corrected chi connectivity index (χ1v) is 14.4.